The zero-order chi connectivity index (χ0) is 14.0. The van der Waals surface area contributed by atoms with Gasteiger partial charge in [0.25, 0.3) is 0 Å². The third kappa shape index (κ3) is 1.61. The Kier molecular flexibility index (Phi) is 2.40. The highest BCUT2D eigenvalue weighted by Crippen LogP contribution is 2.47. The second-order valence-electron chi connectivity index (χ2n) is 6.95. The molecule has 1 N–H and O–H groups in total. The van der Waals surface area contributed by atoms with Crippen molar-refractivity contribution >= 4 is 16.7 Å². The number of hydrogen-bond donors (Lipinski definition) is 1. The highest BCUT2D eigenvalue weighted by atomic mass is 16.1. The van der Waals surface area contributed by atoms with Crippen LogP contribution in [-0.2, 0) is 11.2 Å². The molecular weight excluding hydrogens is 260 g/mol. The number of fused-ring (bicyclic) bond motifs is 8. The van der Waals surface area contributed by atoms with Crippen molar-refractivity contribution in [2.24, 2.45) is 11.8 Å². The average molecular weight is 280 g/mol. The lowest BCUT2D eigenvalue weighted by molar-refractivity contribution is -0.131. The van der Waals surface area contributed by atoms with E-state index in [9.17, 15) is 4.79 Å². The first-order valence-electron chi connectivity index (χ1n) is 8.17. The molecule has 3 heterocycles. The van der Waals surface area contributed by atoms with Crippen LogP contribution in [0.3, 0.4) is 0 Å². The number of nitrogens with zero attached hydrogens (tertiary/aromatic N) is 1. The molecule has 3 nitrogen and oxygen atoms in total. The number of hydrogen-bond acceptors (Lipinski definition) is 2. The third-order valence-electron chi connectivity index (χ3n) is 5.89. The van der Waals surface area contributed by atoms with Crippen LogP contribution in [0.4, 0.5) is 0 Å². The van der Waals surface area contributed by atoms with Gasteiger partial charge in [-0.15, -0.1) is 0 Å². The first-order valence-corrected chi connectivity index (χ1v) is 8.17. The molecule has 2 aromatic rings. The van der Waals surface area contributed by atoms with Crippen molar-refractivity contribution in [2.45, 2.75) is 31.7 Å². The normalized spacial score (nSPS) is 32.0. The van der Waals surface area contributed by atoms with E-state index in [1.165, 1.54) is 22.2 Å². The van der Waals surface area contributed by atoms with Crippen molar-refractivity contribution in [1.82, 2.24) is 9.88 Å². The van der Waals surface area contributed by atoms with E-state index in [0.717, 1.165) is 38.8 Å². The van der Waals surface area contributed by atoms with Crippen molar-refractivity contribution in [1.29, 1.82) is 0 Å². The van der Waals surface area contributed by atoms with Crippen molar-refractivity contribution in [3.05, 3.63) is 35.5 Å². The Morgan fingerprint density at radius 1 is 1.19 bits per heavy atom. The minimum atomic E-state index is 0.311. The van der Waals surface area contributed by atoms with Crippen LogP contribution in [0.1, 0.15) is 36.6 Å². The molecule has 21 heavy (non-hydrogen) atoms. The minimum absolute atomic E-state index is 0.311. The van der Waals surface area contributed by atoms with Gasteiger partial charge in [-0.3, -0.25) is 9.69 Å². The molecule has 2 bridgehead atoms. The molecule has 3 atom stereocenters. The number of piperidine rings is 1. The molecule has 0 amide bonds. The van der Waals surface area contributed by atoms with Gasteiger partial charge in [0.2, 0.25) is 0 Å². The third-order valence-corrected chi connectivity index (χ3v) is 5.89. The van der Waals surface area contributed by atoms with E-state index in [1.54, 1.807) is 0 Å². The topological polar surface area (TPSA) is 36.1 Å². The number of nitrogens with one attached hydrogen (secondary N) is 1. The maximum Gasteiger partial charge on any atom is 0.137 e. The molecule has 2 aliphatic heterocycles. The second kappa shape index (κ2) is 4.20. The van der Waals surface area contributed by atoms with E-state index >= 15 is 0 Å². The Morgan fingerprint density at radius 3 is 3.05 bits per heavy atom. The summed E-state index contributed by atoms with van der Waals surface area (Å²) in [7, 11) is 0. The van der Waals surface area contributed by atoms with E-state index in [2.05, 4.69) is 34.1 Å². The molecule has 5 rings (SSSR count). The SMILES string of the molecule is O=C1CC[C@H]2C[C@@H]1CN1CCc3c([nH]c4ccccc34)[C@@H]21. The lowest BCUT2D eigenvalue weighted by Crippen LogP contribution is -2.50. The first-order chi connectivity index (χ1) is 10.3. The van der Waals surface area contributed by atoms with Gasteiger partial charge in [-0.05, 0) is 36.8 Å². The number of H-pyrrole nitrogens is 1. The van der Waals surface area contributed by atoms with Crippen LogP contribution in [0.15, 0.2) is 24.3 Å². The van der Waals surface area contributed by atoms with Crippen molar-refractivity contribution in [3.63, 3.8) is 0 Å². The molecule has 1 saturated heterocycles. The van der Waals surface area contributed by atoms with Gasteiger partial charge in [0.15, 0.2) is 0 Å². The minimum Gasteiger partial charge on any atom is -0.357 e. The lowest BCUT2D eigenvalue weighted by Gasteiger charge is -2.49. The summed E-state index contributed by atoms with van der Waals surface area (Å²) in [6.45, 7) is 2.09. The van der Waals surface area contributed by atoms with Gasteiger partial charge < -0.3 is 4.98 Å². The standard InChI is InChI=1S/C18H20N2O/c21-16-6-5-11-9-12(16)10-20-8-7-14-13-3-1-2-4-15(13)19-17(14)18(11)20/h1-4,11-12,18-19H,5-10H2/t11-,12+,18+/m0/s1. The Hall–Kier alpha value is -1.61. The average Bonchev–Trinajstić information content (AvgIpc) is 2.89. The molecule has 0 radical (unpaired) electrons. The van der Waals surface area contributed by atoms with Crippen molar-refractivity contribution in [2.75, 3.05) is 13.1 Å². The molecule has 0 spiro atoms. The number of carbonyl (C=O) groups excluding carboxylic acids is 1. The van der Waals surface area contributed by atoms with E-state index in [-0.39, 0.29) is 0 Å². The summed E-state index contributed by atoms with van der Waals surface area (Å²) in [5.41, 5.74) is 4.25. The van der Waals surface area contributed by atoms with Crippen LogP contribution in [0.25, 0.3) is 10.9 Å². The Balaban J connectivity index is 1.64. The number of aromatic amines is 1. The van der Waals surface area contributed by atoms with E-state index in [0.29, 0.717) is 23.7 Å². The van der Waals surface area contributed by atoms with Gasteiger partial charge in [0.05, 0.1) is 6.04 Å². The van der Waals surface area contributed by atoms with Crippen LogP contribution in [0.5, 0.6) is 0 Å². The summed E-state index contributed by atoms with van der Waals surface area (Å²) in [5, 5.41) is 1.40. The molecule has 108 valence electrons. The smallest absolute Gasteiger partial charge is 0.137 e. The zero-order valence-corrected chi connectivity index (χ0v) is 12.1. The zero-order valence-electron chi connectivity index (χ0n) is 12.1. The summed E-state index contributed by atoms with van der Waals surface area (Å²) in [6.07, 6.45) is 4.10. The molecule has 1 aromatic heterocycles. The van der Waals surface area contributed by atoms with Crippen LogP contribution in [-0.4, -0.2) is 28.8 Å². The van der Waals surface area contributed by atoms with Crippen LogP contribution < -0.4 is 0 Å². The van der Waals surface area contributed by atoms with Gasteiger partial charge in [-0.25, -0.2) is 0 Å². The summed E-state index contributed by atoms with van der Waals surface area (Å²) in [5.74, 6) is 1.48. The first kappa shape index (κ1) is 12.0. The number of rotatable bonds is 0. The van der Waals surface area contributed by atoms with Crippen LogP contribution >= 0.6 is 0 Å². The number of Topliss-reactive ketones (excluding diaryl/α,β-unsaturated/α-hetero) is 1. The molecule has 1 saturated carbocycles. The molecule has 0 unspecified atom stereocenters. The van der Waals surface area contributed by atoms with Crippen molar-refractivity contribution < 1.29 is 4.79 Å². The quantitative estimate of drug-likeness (QED) is 0.805. The van der Waals surface area contributed by atoms with E-state index in [4.69, 9.17) is 0 Å². The molecule has 2 fully saturated rings. The Labute approximate surface area is 124 Å². The van der Waals surface area contributed by atoms with Gasteiger partial charge in [0.1, 0.15) is 5.78 Å². The number of benzene rings is 1. The van der Waals surface area contributed by atoms with Gasteiger partial charge in [-0.2, -0.15) is 0 Å². The van der Waals surface area contributed by atoms with Crippen LogP contribution in [0.2, 0.25) is 0 Å². The fraction of sp³-hybridized carbons (Fsp3) is 0.500. The highest BCUT2D eigenvalue weighted by Gasteiger charge is 2.45. The van der Waals surface area contributed by atoms with E-state index in [1.807, 2.05) is 0 Å². The summed E-state index contributed by atoms with van der Waals surface area (Å²) >= 11 is 0. The summed E-state index contributed by atoms with van der Waals surface area (Å²) in [4.78, 5) is 18.3. The van der Waals surface area contributed by atoms with Gasteiger partial charge in [0, 0.05) is 42.0 Å². The maximum atomic E-state index is 12.0. The number of aromatic nitrogens is 1. The lowest BCUT2D eigenvalue weighted by atomic mass is 9.70. The second-order valence-corrected chi connectivity index (χ2v) is 6.95. The predicted molar refractivity (Wildman–Crippen MR) is 82.2 cm³/mol. The number of ketones is 1. The van der Waals surface area contributed by atoms with Crippen molar-refractivity contribution in [3.8, 4) is 0 Å². The molecule has 1 aliphatic carbocycles. The highest BCUT2D eigenvalue weighted by molar-refractivity contribution is 5.85. The summed E-state index contributed by atoms with van der Waals surface area (Å²) in [6, 6.07) is 9.20. The fourth-order valence-corrected chi connectivity index (χ4v) is 4.95. The molecule has 3 heteroatoms. The number of para-hydroxylation sites is 1. The van der Waals surface area contributed by atoms with Gasteiger partial charge >= 0.3 is 0 Å². The molecule has 3 aliphatic rings. The molecular formula is C18H20N2O. The summed E-state index contributed by atoms with van der Waals surface area (Å²) < 4.78 is 0. The van der Waals surface area contributed by atoms with Gasteiger partial charge in [-0.1, -0.05) is 18.2 Å². The van der Waals surface area contributed by atoms with Crippen LogP contribution in [0, 0.1) is 11.8 Å². The largest absolute Gasteiger partial charge is 0.357 e. The van der Waals surface area contributed by atoms with E-state index < -0.39 is 0 Å². The Bertz CT molecular complexity index is 732. The molecule has 1 aromatic carbocycles. The number of carbonyl (C=O) groups is 1. The monoisotopic (exact) mass is 280 g/mol. The predicted octanol–water partition coefficient (Wildman–Crippen LogP) is 3.07. The maximum absolute atomic E-state index is 12.0. The fourth-order valence-electron chi connectivity index (χ4n) is 4.95. The Morgan fingerprint density at radius 2 is 2.10 bits per heavy atom.